The molecule has 1 heterocycles. The summed E-state index contributed by atoms with van der Waals surface area (Å²) in [5.74, 6) is 0.0746. The van der Waals surface area contributed by atoms with E-state index in [9.17, 15) is 4.79 Å². The summed E-state index contributed by atoms with van der Waals surface area (Å²) in [4.78, 5) is 18.4. The molecule has 6 heteroatoms. The molecule has 0 radical (unpaired) electrons. The molecule has 1 saturated heterocycles. The van der Waals surface area contributed by atoms with Gasteiger partial charge in [-0.15, -0.1) is 11.8 Å². The van der Waals surface area contributed by atoms with Crippen LogP contribution < -0.4 is 10.2 Å². The molecule has 4 nitrogen and oxygen atoms in total. The third kappa shape index (κ3) is 5.90. The molecule has 1 fully saturated rings. The number of piperazine rings is 1. The van der Waals surface area contributed by atoms with Gasteiger partial charge in [-0.2, -0.15) is 0 Å². The highest BCUT2D eigenvalue weighted by molar-refractivity contribution is 8.00. The van der Waals surface area contributed by atoms with Crippen molar-refractivity contribution in [1.29, 1.82) is 0 Å². The van der Waals surface area contributed by atoms with E-state index in [-0.39, 0.29) is 11.2 Å². The fraction of sp³-hybridized carbons (Fsp3) is 0.409. The standard InChI is InChI=1S/C22H28ClN3OS/c1-3-21(28-20-10-6-18(23)7-11-20)22(27)24-16-17-4-8-19(9-5-17)26-14-12-25(2)13-15-26/h4-11,21H,3,12-16H2,1-2H3,(H,24,27). The average Bonchev–Trinajstić information content (AvgIpc) is 2.72. The number of nitrogens with one attached hydrogen (secondary N) is 1. The molecule has 1 N–H and O–H groups in total. The summed E-state index contributed by atoms with van der Waals surface area (Å²) in [5.41, 5.74) is 2.38. The SMILES string of the molecule is CCC(Sc1ccc(Cl)cc1)C(=O)NCc1ccc(N2CCN(C)CC2)cc1. The first-order valence-corrected chi connectivity index (χ1v) is 11.0. The monoisotopic (exact) mass is 417 g/mol. The number of benzene rings is 2. The van der Waals surface area contributed by atoms with E-state index in [1.54, 1.807) is 11.8 Å². The third-order valence-corrected chi connectivity index (χ3v) is 6.65. The van der Waals surface area contributed by atoms with Crippen LogP contribution in [0.3, 0.4) is 0 Å². The maximum Gasteiger partial charge on any atom is 0.233 e. The van der Waals surface area contributed by atoms with Gasteiger partial charge in [-0.25, -0.2) is 0 Å². The van der Waals surface area contributed by atoms with Crippen LogP contribution in [0.1, 0.15) is 18.9 Å². The van der Waals surface area contributed by atoms with Crippen LogP contribution in [0.2, 0.25) is 5.02 Å². The Morgan fingerprint density at radius 1 is 1.07 bits per heavy atom. The molecule has 3 rings (SSSR count). The molecule has 0 spiro atoms. The molecule has 1 atom stereocenters. The zero-order valence-electron chi connectivity index (χ0n) is 16.5. The number of carbonyl (C=O) groups is 1. The van der Waals surface area contributed by atoms with Gasteiger partial charge in [0.25, 0.3) is 0 Å². The van der Waals surface area contributed by atoms with E-state index in [1.165, 1.54) is 5.69 Å². The summed E-state index contributed by atoms with van der Waals surface area (Å²) in [6, 6.07) is 16.2. The zero-order valence-corrected chi connectivity index (χ0v) is 18.1. The van der Waals surface area contributed by atoms with E-state index in [0.29, 0.717) is 11.6 Å². The summed E-state index contributed by atoms with van der Waals surface area (Å²) in [6.07, 6.45) is 0.779. The van der Waals surface area contributed by atoms with Crippen molar-refractivity contribution < 1.29 is 4.79 Å². The van der Waals surface area contributed by atoms with Gasteiger partial charge in [0, 0.05) is 48.3 Å². The molecule has 0 bridgehead atoms. The Labute approximate surface area is 177 Å². The quantitative estimate of drug-likeness (QED) is 0.682. The van der Waals surface area contributed by atoms with Crippen LogP contribution in [0.25, 0.3) is 0 Å². The topological polar surface area (TPSA) is 35.6 Å². The smallest absolute Gasteiger partial charge is 0.233 e. The first-order chi connectivity index (χ1) is 13.5. The van der Waals surface area contributed by atoms with Crippen LogP contribution in [0.5, 0.6) is 0 Å². The number of rotatable bonds is 7. The second-order valence-corrected chi connectivity index (χ2v) is 8.86. The summed E-state index contributed by atoms with van der Waals surface area (Å²) in [6.45, 7) is 6.92. The highest BCUT2D eigenvalue weighted by atomic mass is 35.5. The Balaban J connectivity index is 1.50. The lowest BCUT2D eigenvalue weighted by Gasteiger charge is -2.34. The average molecular weight is 418 g/mol. The second-order valence-electron chi connectivity index (χ2n) is 7.14. The van der Waals surface area contributed by atoms with Gasteiger partial charge in [-0.1, -0.05) is 30.7 Å². The number of carbonyl (C=O) groups excluding carboxylic acids is 1. The van der Waals surface area contributed by atoms with E-state index in [2.05, 4.69) is 46.4 Å². The Morgan fingerprint density at radius 2 is 1.71 bits per heavy atom. The maximum atomic E-state index is 12.6. The lowest BCUT2D eigenvalue weighted by molar-refractivity contribution is -0.120. The molecule has 150 valence electrons. The van der Waals surface area contributed by atoms with Gasteiger partial charge in [0.2, 0.25) is 5.91 Å². The molecular formula is C22H28ClN3OS. The minimum absolute atomic E-state index is 0.0746. The minimum Gasteiger partial charge on any atom is -0.369 e. The van der Waals surface area contributed by atoms with Gasteiger partial charge in [0.05, 0.1) is 5.25 Å². The van der Waals surface area contributed by atoms with Gasteiger partial charge in [0.15, 0.2) is 0 Å². The summed E-state index contributed by atoms with van der Waals surface area (Å²) in [7, 11) is 2.16. The number of anilines is 1. The summed E-state index contributed by atoms with van der Waals surface area (Å²) < 4.78 is 0. The molecular weight excluding hydrogens is 390 g/mol. The maximum absolute atomic E-state index is 12.6. The summed E-state index contributed by atoms with van der Waals surface area (Å²) >= 11 is 7.52. The van der Waals surface area contributed by atoms with Crippen molar-refractivity contribution in [3.05, 3.63) is 59.1 Å². The van der Waals surface area contributed by atoms with E-state index >= 15 is 0 Å². The first kappa shape index (κ1) is 21.0. The van der Waals surface area contributed by atoms with Crippen LogP contribution in [0.4, 0.5) is 5.69 Å². The fourth-order valence-electron chi connectivity index (χ4n) is 3.19. The van der Waals surface area contributed by atoms with Crippen LogP contribution in [-0.4, -0.2) is 49.3 Å². The predicted octanol–water partition coefficient (Wildman–Crippen LogP) is 4.28. The molecule has 2 aromatic rings. The van der Waals surface area contributed by atoms with Crippen LogP contribution in [0.15, 0.2) is 53.4 Å². The van der Waals surface area contributed by atoms with Crippen molar-refractivity contribution in [1.82, 2.24) is 10.2 Å². The van der Waals surface area contributed by atoms with Gasteiger partial charge in [-0.3, -0.25) is 4.79 Å². The lowest BCUT2D eigenvalue weighted by atomic mass is 10.1. The molecule has 28 heavy (non-hydrogen) atoms. The van der Waals surface area contributed by atoms with Crippen molar-refractivity contribution in [2.75, 3.05) is 38.1 Å². The van der Waals surface area contributed by atoms with Crippen LogP contribution >= 0.6 is 23.4 Å². The second kappa shape index (κ2) is 10.2. The number of thioether (sulfide) groups is 1. The number of amides is 1. The predicted molar refractivity (Wildman–Crippen MR) is 119 cm³/mol. The van der Waals surface area contributed by atoms with E-state index < -0.39 is 0 Å². The van der Waals surface area contributed by atoms with E-state index in [4.69, 9.17) is 11.6 Å². The van der Waals surface area contributed by atoms with E-state index in [0.717, 1.165) is 43.1 Å². The Hall–Kier alpha value is -1.69. The number of nitrogens with zero attached hydrogens (tertiary/aromatic N) is 2. The lowest BCUT2D eigenvalue weighted by Crippen LogP contribution is -2.44. The molecule has 1 unspecified atom stereocenters. The zero-order chi connectivity index (χ0) is 19.9. The van der Waals surface area contributed by atoms with Gasteiger partial charge in [-0.05, 0) is 55.4 Å². The van der Waals surface area contributed by atoms with Crippen molar-refractivity contribution >= 4 is 35.0 Å². The molecule has 1 amide bonds. The molecule has 0 saturated carbocycles. The highest BCUT2D eigenvalue weighted by Gasteiger charge is 2.18. The van der Waals surface area contributed by atoms with Gasteiger partial charge in [0.1, 0.15) is 0 Å². The van der Waals surface area contributed by atoms with Gasteiger partial charge < -0.3 is 15.1 Å². The molecule has 0 aromatic heterocycles. The first-order valence-electron chi connectivity index (χ1n) is 9.77. The van der Waals surface area contributed by atoms with E-state index in [1.807, 2.05) is 31.2 Å². The number of likely N-dealkylation sites (N-methyl/N-ethyl adjacent to an activating group) is 1. The van der Waals surface area contributed by atoms with Gasteiger partial charge >= 0.3 is 0 Å². The normalized spacial score (nSPS) is 16.0. The largest absolute Gasteiger partial charge is 0.369 e. The Morgan fingerprint density at radius 3 is 2.32 bits per heavy atom. The van der Waals surface area contributed by atoms with Crippen molar-refractivity contribution in [3.63, 3.8) is 0 Å². The highest BCUT2D eigenvalue weighted by Crippen LogP contribution is 2.27. The molecule has 0 aliphatic carbocycles. The number of halogens is 1. The van der Waals surface area contributed by atoms with Crippen LogP contribution in [-0.2, 0) is 11.3 Å². The van der Waals surface area contributed by atoms with Crippen molar-refractivity contribution in [2.24, 2.45) is 0 Å². The third-order valence-electron chi connectivity index (χ3n) is 5.03. The molecule has 2 aromatic carbocycles. The number of hydrogen-bond donors (Lipinski definition) is 1. The van der Waals surface area contributed by atoms with Crippen molar-refractivity contribution in [3.8, 4) is 0 Å². The number of hydrogen-bond acceptors (Lipinski definition) is 4. The van der Waals surface area contributed by atoms with Crippen LogP contribution in [0, 0.1) is 0 Å². The minimum atomic E-state index is -0.106. The van der Waals surface area contributed by atoms with Crippen molar-refractivity contribution in [2.45, 2.75) is 30.0 Å². The Bertz CT molecular complexity index is 758. The molecule has 1 aliphatic rings. The Kier molecular flexibility index (Phi) is 7.65. The fourth-order valence-corrected chi connectivity index (χ4v) is 4.30. The summed E-state index contributed by atoms with van der Waals surface area (Å²) in [5, 5.41) is 3.68. The molecule has 1 aliphatic heterocycles.